The first-order valence-electron chi connectivity index (χ1n) is 6.22. The van der Waals surface area contributed by atoms with Crippen molar-refractivity contribution in [3.63, 3.8) is 0 Å². The number of hydrogen-bond acceptors (Lipinski definition) is 1. The molecule has 1 aromatic rings. The summed E-state index contributed by atoms with van der Waals surface area (Å²) in [5.74, 6) is 1.47. The van der Waals surface area contributed by atoms with Crippen LogP contribution in [0.3, 0.4) is 0 Å². The van der Waals surface area contributed by atoms with Gasteiger partial charge < -0.3 is 4.89 Å². The first-order chi connectivity index (χ1) is 8.17. The lowest BCUT2D eigenvalue weighted by molar-refractivity contribution is 0.500. The number of hydrogen-bond donors (Lipinski definition) is 1. The Morgan fingerprint density at radius 2 is 1.88 bits per heavy atom. The summed E-state index contributed by atoms with van der Waals surface area (Å²) in [6.07, 6.45) is 7.47. The fourth-order valence-corrected chi connectivity index (χ4v) is 2.84. The van der Waals surface area contributed by atoms with E-state index < -0.39 is 7.37 Å². The van der Waals surface area contributed by atoms with Crippen molar-refractivity contribution in [2.24, 2.45) is 0 Å². The first-order valence-corrected chi connectivity index (χ1v) is 7.95. The minimum Gasteiger partial charge on any atom is -0.338 e. The van der Waals surface area contributed by atoms with Crippen LogP contribution in [0.25, 0.3) is 0 Å². The zero-order chi connectivity index (χ0) is 12.6. The van der Waals surface area contributed by atoms with Gasteiger partial charge in [-0.2, -0.15) is 0 Å². The standard InChI is InChI=1S/C14H21O2P/c1-2-3-4-5-6-10-13-17(15,16)14-11-8-7-9-12-14/h7-13H,2-6H2,1H3,(H,15,16)/b13-10+. The van der Waals surface area contributed by atoms with Crippen molar-refractivity contribution in [1.29, 1.82) is 0 Å². The zero-order valence-electron chi connectivity index (χ0n) is 10.4. The molecule has 1 aromatic carbocycles. The average Bonchev–Trinajstić information content (AvgIpc) is 2.35. The summed E-state index contributed by atoms with van der Waals surface area (Å²) in [5.41, 5.74) is 0. The molecule has 0 aliphatic carbocycles. The average molecular weight is 252 g/mol. The van der Waals surface area contributed by atoms with Crippen molar-refractivity contribution in [2.45, 2.75) is 39.0 Å². The van der Waals surface area contributed by atoms with Crippen molar-refractivity contribution in [3.8, 4) is 0 Å². The molecule has 1 unspecified atom stereocenters. The van der Waals surface area contributed by atoms with E-state index in [1.54, 1.807) is 24.3 Å². The second-order valence-corrected chi connectivity index (χ2v) is 6.25. The predicted octanol–water partition coefficient (Wildman–Crippen LogP) is 4.07. The summed E-state index contributed by atoms with van der Waals surface area (Å²) in [6, 6.07) is 8.81. The first kappa shape index (κ1) is 14.2. The molecule has 0 spiro atoms. The summed E-state index contributed by atoms with van der Waals surface area (Å²) in [6.45, 7) is 2.17. The highest BCUT2D eigenvalue weighted by Crippen LogP contribution is 2.40. The van der Waals surface area contributed by atoms with E-state index in [0.717, 1.165) is 12.8 Å². The monoisotopic (exact) mass is 252 g/mol. The molecular weight excluding hydrogens is 231 g/mol. The molecule has 0 bridgehead atoms. The number of benzene rings is 1. The van der Waals surface area contributed by atoms with E-state index in [-0.39, 0.29) is 0 Å². The number of unbranched alkanes of at least 4 members (excludes halogenated alkanes) is 4. The van der Waals surface area contributed by atoms with Gasteiger partial charge in [-0.15, -0.1) is 0 Å². The van der Waals surface area contributed by atoms with Gasteiger partial charge in [0.05, 0.1) is 0 Å². The predicted molar refractivity (Wildman–Crippen MR) is 73.8 cm³/mol. The molecule has 0 fully saturated rings. The van der Waals surface area contributed by atoms with Crippen LogP contribution < -0.4 is 5.30 Å². The van der Waals surface area contributed by atoms with E-state index in [1.807, 2.05) is 12.1 Å². The summed E-state index contributed by atoms with van der Waals surface area (Å²) in [4.78, 5) is 9.86. The molecule has 0 saturated heterocycles. The third-order valence-corrected chi connectivity index (χ3v) is 4.31. The van der Waals surface area contributed by atoms with Gasteiger partial charge in [0.15, 0.2) is 0 Å². The Morgan fingerprint density at radius 3 is 2.53 bits per heavy atom. The van der Waals surface area contributed by atoms with Gasteiger partial charge in [-0.05, 0) is 25.0 Å². The quantitative estimate of drug-likeness (QED) is 0.586. The van der Waals surface area contributed by atoms with Crippen LogP contribution in [-0.4, -0.2) is 4.89 Å². The van der Waals surface area contributed by atoms with Crippen LogP contribution in [0.4, 0.5) is 0 Å². The SMILES string of the molecule is CCCCCC/C=C/P(=O)(O)c1ccccc1. The van der Waals surface area contributed by atoms with Crippen molar-refractivity contribution < 1.29 is 9.46 Å². The highest BCUT2D eigenvalue weighted by Gasteiger charge is 2.15. The van der Waals surface area contributed by atoms with Crippen LogP contribution in [0.2, 0.25) is 0 Å². The molecule has 3 heteroatoms. The fraction of sp³-hybridized carbons (Fsp3) is 0.429. The van der Waals surface area contributed by atoms with E-state index >= 15 is 0 Å². The minimum atomic E-state index is -3.28. The van der Waals surface area contributed by atoms with Gasteiger partial charge in [-0.1, -0.05) is 50.5 Å². The molecule has 17 heavy (non-hydrogen) atoms. The van der Waals surface area contributed by atoms with Crippen LogP contribution in [0.5, 0.6) is 0 Å². The van der Waals surface area contributed by atoms with Gasteiger partial charge in [-0.25, -0.2) is 0 Å². The van der Waals surface area contributed by atoms with E-state index in [9.17, 15) is 9.46 Å². The molecule has 0 heterocycles. The molecule has 2 nitrogen and oxygen atoms in total. The normalized spacial score (nSPS) is 14.9. The van der Waals surface area contributed by atoms with E-state index in [1.165, 1.54) is 25.1 Å². The van der Waals surface area contributed by atoms with Crippen LogP contribution >= 0.6 is 7.37 Å². The molecular formula is C14H21O2P. The van der Waals surface area contributed by atoms with Crippen molar-refractivity contribution in [2.75, 3.05) is 0 Å². The highest BCUT2D eigenvalue weighted by molar-refractivity contribution is 7.69. The largest absolute Gasteiger partial charge is 0.338 e. The van der Waals surface area contributed by atoms with Crippen molar-refractivity contribution in [3.05, 3.63) is 42.2 Å². The second kappa shape index (κ2) is 7.47. The van der Waals surface area contributed by atoms with E-state index in [2.05, 4.69) is 6.92 Å². The van der Waals surface area contributed by atoms with Gasteiger partial charge in [0, 0.05) is 11.1 Å². The molecule has 0 aliphatic rings. The summed E-state index contributed by atoms with van der Waals surface area (Å²) in [5, 5.41) is 0.504. The third-order valence-electron chi connectivity index (χ3n) is 2.66. The highest BCUT2D eigenvalue weighted by atomic mass is 31.2. The molecule has 1 N–H and O–H groups in total. The van der Waals surface area contributed by atoms with Crippen LogP contribution in [-0.2, 0) is 4.57 Å². The lowest BCUT2D eigenvalue weighted by Gasteiger charge is -2.06. The lowest BCUT2D eigenvalue weighted by Crippen LogP contribution is -2.00. The molecule has 0 aliphatic heterocycles. The Kier molecular flexibility index (Phi) is 6.25. The third kappa shape index (κ3) is 5.34. The second-order valence-electron chi connectivity index (χ2n) is 4.19. The molecule has 0 amide bonds. The fourth-order valence-electron chi connectivity index (χ4n) is 1.63. The minimum absolute atomic E-state index is 0.504. The van der Waals surface area contributed by atoms with Crippen LogP contribution in [0.1, 0.15) is 39.0 Å². The molecule has 94 valence electrons. The van der Waals surface area contributed by atoms with Gasteiger partial charge in [0.2, 0.25) is 0 Å². The molecule has 0 aromatic heterocycles. The maximum atomic E-state index is 12.0. The molecule has 0 radical (unpaired) electrons. The summed E-state index contributed by atoms with van der Waals surface area (Å²) < 4.78 is 12.0. The smallest absolute Gasteiger partial charge is 0.251 e. The van der Waals surface area contributed by atoms with Gasteiger partial charge in [0.1, 0.15) is 0 Å². The Labute approximate surface area is 104 Å². The van der Waals surface area contributed by atoms with Gasteiger partial charge >= 0.3 is 0 Å². The summed E-state index contributed by atoms with van der Waals surface area (Å²) >= 11 is 0. The van der Waals surface area contributed by atoms with Crippen molar-refractivity contribution >= 4 is 12.7 Å². The van der Waals surface area contributed by atoms with Crippen LogP contribution in [0.15, 0.2) is 42.2 Å². The Hall–Kier alpha value is -0.850. The molecule has 1 atom stereocenters. The summed E-state index contributed by atoms with van der Waals surface area (Å²) in [7, 11) is -3.28. The maximum absolute atomic E-state index is 12.0. The maximum Gasteiger partial charge on any atom is 0.251 e. The molecule has 0 saturated carbocycles. The number of allylic oxidation sites excluding steroid dienone is 1. The van der Waals surface area contributed by atoms with Crippen molar-refractivity contribution in [1.82, 2.24) is 0 Å². The van der Waals surface area contributed by atoms with Gasteiger partial charge in [-0.3, -0.25) is 4.57 Å². The Bertz CT molecular complexity index is 384. The number of rotatable bonds is 7. The molecule has 1 rings (SSSR count). The van der Waals surface area contributed by atoms with E-state index in [0.29, 0.717) is 5.30 Å². The van der Waals surface area contributed by atoms with Crippen LogP contribution in [0, 0.1) is 0 Å². The Balaban J connectivity index is 2.44. The lowest BCUT2D eigenvalue weighted by atomic mass is 10.2. The topological polar surface area (TPSA) is 37.3 Å². The van der Waals surface area contributed by atoms with E-state index in [4.69, 9.17) is 0 Å². The van der Waals surface area contributed by atoms with Gasteiger partial charge in [0.25, 0.3) is 7.37 Å². The zero-order valence-corrected chi connectivity index (χ0v) is 11.3. The Morgan fingerprint density at radius 1 is 1.18 bits per heavy atom.